The van der Waals surface area contributed by atoms with E-state index in [-0.39, 0.29) is 10.8 Å². The number of ether oxygens (including phenoxy) is 1. The van der Waals surface area contributed by atoms with E-state index in [4.69, 9.17) is 4.74 Å². The molecule has 23 heavy (non-hydrogen) atoms. The molecule has 0 saturated heterocycles. The molecule has 0 aromatic heterocycles. The molecule has 1 aromatic carbocycles. The van der Waals surface area contributed by atoms with Crippen molar-refractivity contribution in [1.82, 2.24) is 4.90 Å². The standard InChI is InChI=1S/C21H35NO/c1-15(2)22(16(3)4)14-23-19-17(20(5,6)7)12-11-13-18(19)21(8,9)10/h11-13,15-16H,1-10H3. The van der Waals surface area contributed by atoms with Gasteiger partial charge in [-0.1, -0.05) is 59.7 Å². The summed E-state index contributed by atoms with van der Waals surface area (Å²) in [5.41, 5.74) is 2.51. The molecule has 0 amide bonds. The first-order valence-corrected chi connectivity index (χ1v) is 8.70. The van der Waals surface area contributed by atoms with Gasteiger partial charge < -0.3 is 4.74 Å². The van der Waals surface area contributed by atoms with Gasteiger partial charge in [-0.15, -0.1) is 0 Å². The van der Waals surface area contributed by atoms with Crippen molar-refractivity contribution in [1.29, 1.82) is 0 Å². The summed E-state index contributed by atoms with van der Waals surface area (Å²) < 4.78 is 6.18. The SMILES string of the molecule is CC(C)N([C]Oc1c(C(C)(C)C)cccc1C(C)(C)C)C(C)C. The van der Waals surface area contributed by atoms with E-state index >= 15 is 0 Å². The molecule has 0 heterocycles. The Kier molecular flexibility index (Phi) is 6.32. The summed E-state index contributed by atoms with van der Waals surface area (Å²) in [6.07, 6.45) is 0. The van der Waals surface area contributed by atoms with E-state index in [0.29, 0.717) is 12.1 Å². The van der Waals surface area contributed by atoms with Gasteiger partial charge in [0, 0.05) is 12.1 Å². The molecule has 0 aliphatic rings. The molecular formula is C21H35NO. The molecule has 1 rings (SSSR count). The van der Waals surface area contributed by atoms with Crippen molar-refractivity contribution in [3.05, 3.63) is 36.1 Å². The van der Waals surface area contributed by atoms with E-state index in [1.807, 2.05) is 0 Å². The van der Waals surface area contributed by atoms with Crippen molar-refractivity contribution >= 4 is 0 Å². The van der Waals surface area contributed by atoms with Gasteiger partial charge in [-0.05, 0) is 49.7 Å². The van der Waals surface area contributed by atoms with E-state index < -0.39 is 0 Å². The summed E-state index contributed by atoms with van der Waals surface area (Å²) in [7, 11) is 0. The lowest BCUT2D eigenvalue weighted by atomic mass is 9.79. The number of para-hydroxylation sites is 1. The van der Waals surface area contributed by atoms with Crippen LogP contribution >= 0.6 is 0 Å². The molecule has 2 nitrogen and oxygen atoms in total. The fraction of sp³-hybridized carbons (Fsp3) is 0.667. The van der Waals surface area contributed by atoms with E-state index in [1.54, 1.807) is 0 Å². The first-order chi connectivity index (χ1) is 10.4. The molecule has 130 valence electrons. The Balaban J connectivity index is 3.26. The van der Waals surface area contributed by atoms with Crippen LogP contribution in [-0.4, -0.2) is 17.0 Å². The average molecular weight is 318 g/mol. The normalized spacial score (nSPS) is 13.3. The Hall–Kier alpha value is -1.02. The zero-order chi connectivity index (χ0) is 18.0. The molecule has 0 N–H and O–H groups in total. The average Bonchev–Trinajstić information content (AvgIpc) is 2.35. The molecule has 1 aromatic rings. The fourth-order valence-corrected chi connectivity index (χ4v) is 2.73. The van der Waals surface area contributed by atoms with Gasteiger partial charge in [0.1, 0.15) is 5.75 Å². The number of rotatable bonds is 5. The van der Waals surface area contributed by atoms with Crippen molar-refractivity contribution < 1.29 is 4.74 Å². The van der Waals surface area contributed by atoms with Crippen LogP contribution in [0.25, 0.3) is 0 Å². The Morgan fingerprint density at radius 2 is 1.22 bits per heavy atom. The lowest BCUT2D eigenvalue weighted by molar-refractivity contribution is 0.131. The largest absolute Gasteiger partial charge is 0.460 e. The van der Waals surface area contributed by atoms with Gasteiger partial charge in [-0.25, -0.2) is 0 Å². The van der Waals surface area contributed by atoms with Crippen molar-refractivity contribution in [2.45, 2.75) is 92.2 Å². The highest BCUT2D eigenvalue weighted by Gasteiger charge is 2.28. The maximum absolute atomic E-state index is 6.18. The van der Waals surface area contributed by atoms with Gasteiger partial charge >= 0.3 is 0 Å². The molecule has 0 bridgehead atoms. The molecule has 0 atom stereocenters. The number of benzene rings is 1. The molecular weight excluding hydrogens is 282 g/mol. The van der Waals surface area contributed by atoms with Gasteiger partial charge in [-0.3, -0.25) is 4.90 Å². The highest BCUT2D eigenvalue weighted by atomic mass is 16.5. The maximum Gasteiger partial charge on any atom is 0.283 e. The van der Waals surface area contributed by atoms with E-state index in [2.05, 4.69) is 99.1 Å². The first kappa shape index (κ1) is 20.0. The third-order valence-corrected chi connectivity index (χ3v) is 4.00. The lowest BCUT2D eigenvalue weighted by Gasteiger charge is -2.32. The highest BCUT2D eigenvalue weighted by Crippen LogP contribution is 2.40. The summed E-state index contributed by atoms with van der Waals surface area (Å²) in [5, 5.41) is 0. The minimum absolute atomic E-state index is 0.0266. The Morgan fingerprint density at radius 1 is 0.826 bits per heavy atom. The van der Waals surface area contributed by atoms with E-state index in [9.17, 15) is 0 Å². The molecule has 0 fully saturated rings. The number of hydrogen-bond acceptors (Lipinski definition) is 2. The van der Waals surface area contributed by atoms with Crippen LogP contribution < -0.4 is 4.74 Å². The molecule has 0 aliphatic carbocycles. The van der Waals surface area contributed by atoms with Crippen molar-refractivity contribution in [2.24, 2.45) is 0 Å². The summed E-state index contributed by atoms with van der Waals surface area (Å²) in [6, 6.07) is 7.18. The second kappa shape index (κ2) is 7.25. The number of nitrogens with zero attached hydrogens (tertiary/aromatic N) is 1. The zero-order valence-electron chi connectivity index (χ0n) is 16.7. The van der Waals surface area contributed by atoms with Crippen LogP contribution in [-0.2, 0) is 10.8 Å². The summed E-state index contributed by atoms with van der Waals surface area (Å²) in [5.74, 6) is 0.957. The van der Waals surface area contributed by atoms with Crippen LogP contribution in [0.2, 0.25) is 0 Å². The van der Waals surface area contributed by atoms with Crippen LogP contribution in [0, 0.1) is 6.73 Å². The van der Waals surface area contributed by atoms with Gasteiger partial charge in [-0.2, -0.15) is 0 Å². The smallest absolute Gasteiger partial charge is 0.283 e. The third-order valence-electron chi connectivity index (χ3n) is 4.00. The quantitative estimate of drug-likeness (QED) is 0.639. The predicted octanol–water partition coefficient (Wildman–Crippen LogP) is 5.78. The second-order valence-corrected chi connectivity index (χ2v) is 8.97. The lowest BCUT2D eigenvalue weighted by Crippen LogP contribution is -2.36. The summed E-state index contributed by atoms with van der Waals surface area (Å²) in [6.45, 7) is 25.2. The van der Waals surface area contributed by atoms with Crippen molar-refractivity contribution in [3.8, 4) is 5.75 Å². The van der Waals surface area contributed by atoms with E-state index in [0.717, 1.165) is 5.75 Å². The van der Waals surface area contributed by atoms with Crippen LogP contribution in [0.15, 0.2) is 18.2 Å². The monoisotopic (exact) mass is 317 g/mol. The maximum atomic E-state index is 6.18. The van der Waals surface area contributed by atoms with Gasteiger partial charge in [0.15, 0.2) is 0 Å². The first-order valence-electron chi connectivity index (χ1n) is 8.70. The topological polar surface area (TPSA) is 12.5 Å². The molecule has 0 aliphatic heterocycles. The van der Waals surface area contributed by atoms with Crippen LogP contribution in [0.4, 0.5) is 0 Å². The van der Waals surface area contributed by atoms with Gasteiger partial charge in [0.25, 0.3) is 6.73 Å². The van der Waals surface area contributed by atoms with E-state index in [1.165, 1.54) is 11.1 Å². The second-order valence-electron chi connectivity index (χ2n) is 8.97. The Bertz CT molecular complexity index is 463. The van der Waals surface area contributed by atoms with Crippen molar-refractivity contribution in [3.63, 3.8) is 0 Å². The Morgan fingerprint density at radius 3 is 1.52 bits per heavy atom. The van der Waals surface area contributed by atoms with Gasteiger partial charge in [0.05, 0.1) is 0 Å². The minimum atomic E-state index is 0.0266. The predicted molar refractivity (Wildman–Crippen MR) is 99.8 cm³/mol. The summed E-state index contributed by atoms with van der Waals surface area (Å²) >= 11 is 0. The van der Waals surface area contributed by atoms with Crippen LogP contribution in [0.1, 0.15) is 80.4 Å². The number of hydrogen-bond donors (Lipinski definition) is 0. The molecule has 2 heteroatoms. The highest BCUT2D eigenvalue weighted by molar-refractivity contribution is 5.48. The van der Waals surface area contributed by atoms with Crippen LogP contribution in [0.5, 0.6) is 5.75 Å². The summed E-state index contributed by atoms with van der Waals surface area (Å²) in [4.78, 5) is 2.13. The zero-order valence-corrected chi connectivity index (χ0v) is 16.7. The van der Waals surface area contributed by atoms with Crippen molar-refractivity contribution in [2.75, 3.05) is 0 Å². The fourth-order valence-electron chi connectivity index (χ4n) is 2.73. The molecule has 2 radical (unpaired) electrons. The Labute approximate surface area is 144 Å². The van der Waals surface area contributed by atoms with Gasteiger partial charge in [0.2, 0.25) is 0 Å². The third kappa shape index (κ3) is 5.24. The molecule has 0 saturated carbocycles. The minimum Gasteiger partial charge on any atom is -0.460 e. The molecule has 0 spiro atoms. The molecule has 0 unspecified atom stereocenters. The van der Waals surface area contributed by atoms with Crippen LogP contribution in [0.3, 0.4) is 0 Å².